The number of fused-ring (bicyclic) bond motifs is 1. The number of hydrogen-bond donors (Lipinski definition) is 0. The molecule has 0 atom stereocenters. The maximum absolute atomic E-state index is 12.6. The molecule has 0 spiro atoms. The van der Waals surface area contributed by atoms with E-state index in [1.165, 1.54) is 6.07 Å². The average molecular weight is 320 g/mol. The standard InChI is InChI=1S/C15H12O4S2/c1-10-7-12-13(20-15(16)19-12)8-14(10)21(17,18)9-11-5-3-2-4-6-11/h2-8H,9H2,1H3. The Bertz CT molecular complexity index is 950. The second-order valence-corrected chi connectivity index (χ2v) is 7.70. The van der Waals surface area contributed by atoms with Gasteiger partial charge in [0.15, 0.2) is 9.84 Å². The van der Waals surface area contributed by atoms with Gasteiger partial charge in [0.05, 0.1) is 15.3 Å². The highest BCUT2D eigenvalue weighted by Crippen LogP contribution is 2.27. The van der Waals surface area contributed by atoms with Crippen LogP contribution in [0.1, 0.15) is 11.1 Å². The Kier molecular flexibility index (Phi) is 3.43. The molecule has 0 unspecified atom stereocenters. The van der Waals surface area contributed by atoms with Crippen LogP contribution in [0.3, 0.4) is 0 Å². The molecule has 0 aliphatic heterocycles. The second kappa shape index (κ2) is 5.13. The summed E-state index contributed by atoms with van der Waals surface area (Å²) in [4.78, 5) is 11.1. The third-order valence-corrected chi connectivity index (χ3v) is 5.77. The van der Waals surface area contributed by atoms with Crippen molar-refractivity contribution < 1.29 is 12.8 Å². The van der Waals surface area contributed by atoms with Gasteiger partial charge in [-0.15, -0.1) is 0 Å². The van der Waals surface area contributed by atoms with Crippen molar-refractivity contribution in [2.75, 3.05) is 0 Å². The number of aryl methyl sites for hydroxylation is 1. The van der Waals surface area contributed by atoms with Crippen LogP contribution in [0.5, 0.6) is 0 Å². The van der Waals surface area contributed by atoms with Crippen LogP contribution in [0.25, 0.3) is 10.3 Å². The van der Waals surface area contributed by atoms with Gasteiger partial charge in [0.25, 0.3) is 0 Å². The van der Waals surface area contributed by atoms with Crippen LogP contribution in [0.15, 0.2) is 56.6 Å². The van der Waals surface area contributed by atoms with E-state index < -0.39 is 14.8 Å². The minimum atomic E-state index is -3.46. The lowest BCUT2D eigenvalue weighted by molar-refractivity contribution is 0.584. The number of hydrogen-bond acceptors (Lipinski definition) is 5. The number of benzene rings is 2. The van der Waals surface area contributed by atoms with Crippen molar-refractivity contribution in [3.8, 4) is 0 Å². The van der Waals surface area contributed by atoms with Crippen LogP contribution in [0, 0.1) is 6.92 Å². The van der Waals surface area contributed by atoms with E-state index in [2.05, 4.69) is 0 Å². The molecule has 0 amide bonds. The zero-order valence-corrected chi connectivity index (χ0v) is 12.8. The SMILES string of the molecule is Cc1cc2oc(=O)sc2cc1S(=O)(=O)Cc1ccccc1. The molecule has 21 heavy (non-hydrogen) atoms. The maximum atomic E-state index is 12.6. The first-order chi connectivity index (χ1) is 9.95. The second-order valence-electron chi connectivity index (χ2n) is 4.76. The van der Waals surface area contributed by atoms with Crippen LogP contribution < -0.4 is 4.94 Å². The summed E-state index contributed by atoms with van der Waals surface area (Å²) >= 11 is 0.911. The Morgan fingerprint density at radius 2 is 1.86 bits per heavy atom. The summed E-state index contributed by atoms with van der Waals surface area (Å²) in [6, 6.07) is 12.1. The third-order valence-electron chi connectivity index (χ3n) is 3.16. The van der Waals surface area contributed by atoms with Gasteiger partial charge in [-0.25, -0.2) is 13.2 Å². The highest BCUT2D eigenvalue weighted by atomic mass is 32.2. The topological polar surface area (TPSA) is 64.3 Å². The molecular weight excluding hydrogens is 308 g/mol. The van der Waals surface area contributed by atoms with E-state index in [0.717, 1.165) is 16.9 Å². The van der Waals surface area contributed by atoms with Crippen molar-refractivity contribution in [1.29, 1.82) is 0 Å². The molecule has 0 bridgehead atoms. The Balaban J connectivity index is 2.10. The maximum Gasteiger partial charge on any atom is 0.396 e. The van der Waals surface area contributed by atoms with E-state index in [1.54, 1.807) is 25.1 Å². The molecule has 0 aliphatic carbocycles. The van der Waals surface area contributed by atoms with Gasteiger partial charge >= 0.3 is 4.94 Å². The molecule has 0 fully saturated rings. The number of sulfone groups is 1. The van der Waals surface area contributed by atoms with Gasteiger partial charge in [-0.2, -0.15) is 0 Å². The molecule has 3 rings (SSSR count). The van der Waals surface area contributed by atoms with Gasteiger partial charge in [-0.1, -0.05) is 41.7 Å². The summed E-state index contributed by atoms with van der Waals surface area (Å²) in [5, 5.41) is 0. The molecule has 4 nitrogen and oxygen atoms in total. The van der Waals surface area contributed by atoms with Crippen LogP contribution in [-0.4, -0.2) is 8.42 Å². The average Bonchev–Trinajstić information content (AvgIpc) is 2.77. The van der Waals surface area contributed by atoms with Gasteiger partial charge < -0.3 is 4.42 Å². The molecule has 108 valence electrons. The van der Waals surface area contributed by atoms with E-state index >= 15 is 0 Å². The monoisotopic (exact) mass is 320 g/mol. The Labute approximate surface area is 125 Å². The molecule has 0 saturated heterocycles. The summed E-state index contributed by atoms with van der Waals surface area (Å²) < 4.78 is 30.7. The molecule has 6 heteroatoms. The highest BCUT2D eigenvalue weighted by Gasteiger charge is 2.20. The predicted molar refractivity (Wildman–Crippen MR) is 82.4 cm³/mol. The summed E-state index contributed by atoms with van der Waals surface area (Å²) in [7, 11) is -3.46. The fraction of sp³-hybridized carbons (Fsp3) is 0.133. The first-order valence-corrected chi connectivity index (χ1v) is 8.73. The van der Waals surface area contributed by atoms with Gasteiger partial charge in [-0.3, -0.25) is 0 Å². The predicted octanol–water partition coefficient (Wildman–Crippen LogP) is 3.14. The summed E-state index contributed by atoms with van der Waals surface area (Å²) in [6.45, 7) is 1.70. The van der Waals surface area contributed by atoms with E-state index in [9.17, 15) is 13.2 Å². The molecule has 0 N–H and O–H groups in total. The van der Waals surface area contributed by atoms with Crippen LogP contribution in [0.2, 0.25) is 0 Å². The van der Waals surface area contributed by atoms with E-state index in [0.29, 0.717) is 15.8 Å². The Morgan fingerprint density at radius 3 is 2.57 bits per heavy atom. The molecule has 0 saturated carbocycles. The van der Waals surface area contributed by atoms with Gasteiger partial charge in [0, 0.05) is 0 Å². The summed E-state index contributed by atoms with van der Waals surface area (Å²) in [5.74, 6) is -0.0626. The van der Waals surface area contributed by atoms with Crippen molar-refractivity contribution in [1.82, 2.24) is 0 Å². The lowest BCUT2D eigenvalue weighted by Crippen LogP contribution is -2.06. The fourth-order valence-corrected chi connectivity index (χ4v) is 4.61. The van der Waals surface area contributed by atoms with E-state index in [1.807, 2.05) is 18.2 Å². The van der Waals surface area contributed by atoms with Crippen molar-refractivity contribution in [2.45, 2.75) is 17.6 Å². The van der Waals surface area contributed by atoms with E-state index in [4.69, 9.17) is 4.42 Å². The minimum absolute atomic E-state index is 0.0626. The smallest absolute Gasteiger partial charge is 0.396 e. The molecule has 1 aromatic heterocycles. The molecule has 0 radical (unpaired) electrons. The third kappa shape index (κ3) is 2.77. The lowest BCUT2D eigenvalue weighted by atomic mass is 10.2. The van der Waals surface area contributed by atoms with Crippen LogP contribution >= 0.6 is 11.3 Å². The largest absolute Gasteiger partial charge is 0.414 e. The fourth-order valence-electron chi connectivity index (χ4n) is 2.21. The van der Waals surface area contributed by atoms with Gasteiger partial charge in [0.1, 0.15) is 5.58 Å². The van der Waals surface area contributed by atoms with Crippen LogP contribution in [-0.2, 0) is 15.6 Å². The lowest BCUT2D eigenvalue weighted by Gasteiger charge is -2.07. The molecule has 0 aliphatic rings. The number of rotatable bonds is 3. The first-order valence-electron chi connectivity index (χ1n) is 6.27. The quantitative estimate of drug-likeness (QED) is 0.743. The normalized spacial score (nSPS) is 11.9. The van der Waals surface area contributed by atoms with Gasteiger partial charge in [0.2, 0.25) is 0 Å². The summed E-state index contributed by atoms with van der Waals surface area (Å²) in [6.07, 6.45) is 0. The minimum Gasteiger partial charge on any atom is -0.414 e. The zero-order valence-electron chi connectivity index (χ0n) is 11.2. The summed E-state index contributed by atoms with van der Waals surface area (Å²) in [5.41, 5.74) is 1.75. The molecule has 1 heterocycles. The van der Waals surface area contributed by atoms with Crippen molar-refractivity contribution in [2.24, 2.45) is 0 Å². The van der Waals surface area contributed by atoms with Gasteiger partial charge in [-0.05, 0) is 30.2 Å². The molecular formula is C15H12O4S2. The Morgan fingerprint density at radius 1 is 1.14 bits per heavy atom. The highest BCUT2D eigenvalue weighted by molar-refractivity contribution is 7.90. The van der Waals surface area contributed by atoms with Crippen LogP contribution in [0.4, 0.5) is 0 Å². The first kappa shape index (κ1) is 14.0. The van der Waals surface area contributed by atoms with Crippen molar-refractivity contribution in [3.05, 3.63) is 63.3 Å². The Hall–Kier alpha value is -1.92. The van der Waals surface area contributed by atoms with E-state index in [-0.39, 0.29) is 10.6 Å². The van der Waals surface area contributed by atoms with Crippen molar-refractivity contribution in [3.63, 3.8) is 0 Å². The van der Waals surface area contributed by atoms with Crippen molar-refractivity contribution >= 4 is 31.5 Å². The molecule has 3 aromatic rings. The zero-order chi connectivity index (χ0) is 15.0. The molecule has 2 aromatic carbocycles.